The molecule has 9 heteroatoms. The Bertz CT molecular complexity index is 1040. The lowest BCUT2D eigenvalue weighted by molar-refractivity contribution is 0.0600. The third-order valence-electron chi connectivity index (χ3n) is 3.63. The molecule has 0 aliphatic heterocycles. The quantitative estimate of drug-likeness (QED) is 0.654. The second-order valence-corrected chi connectivity index (χ2v) is 5.57. The smallest absolute Gasteiger partial charge is 0.337 e. The molecule has 2 aromatic carbocycles. The van der Waals surface area contributed by atoms with Crippen LogP contribution in [0.4, 0.5) is 26.0 Å². The van der Waals surface area contributed by atoms with Crippen molar-refractivity contribution in [2.45, 2.75) is 0 Å². The van der Waals surface area contributed by atoms with E-state index in [1.165, 1.54) is 25.6 Å². The van der Waals surface area contributed by atoms with Gasteiger partial charge in [-0.15, -0.1) is 0 Å². The topological polar surface area (TPSA) is 93.2 Å². The number of amides is 1. The number of rotatable bonds is 5. The number of hydrogen-bond donors (Lipinski definition) is 2. The van der Waals surface area contributed by atoms with Gasteiger partial charge in [-0.2, -0.15) is 0 Å². The highest BCUT2D eigenvalue weighted by atomic mass is 19.2. The zero-order valence-electron chi connectivity index (χ0n) is 14.6. The van der Waals surface area contributed by atoms with Crippen molar-refractivity contribution in [1.82, 2.24) is 9.97 Å². The van der Waals surface area contributed by atoms with E-state index in [0.717, 1.165) is 12.1 Å². The molecule has 3 rings (SSSR count). The third kappa shape index (κ3) is 4.44. The van der Waals surface area contributed by atoms with E-state index in [2.05, 4.69) is 25.3 Å². The number of nitrogens with one attached hydrogen (secondary N) is 2. The van der Waals surface area contributed by atoms with Crippen molar-refractivity contribution in [2.75, 3.05) is 17.7 Å². The predicted octanol–water partition coefficient (Wildman–Crippen LogP) is 3.54. The molecule has 7 nitrogen and oxygen atoms in total. The standard InChI is InChI=1S/C19H14F2N4O3/c1-28-19(27)11-3-2-4-12(7-11)24-17-9-16(22-10-23-17)18(26)25-13-5-6-14(20)15(21)8-13/h2-10H,1H3,(H,25,26)(H,22,23,24). The van der Waals surface area contributed by atoms with Gasteiger partial charge in [0.15, 0.2) is 11.6 Å². The van der Waals surface area contributed by atoms with E-state index in [1.807, 2.05) is 0 Å². The first-order valence-corrected chi connectivity index (χ1v) is 8.00. The van der Waals surface area contributed by atoms with Gasteiger partial charge in [-0.1, -0.05) is 6.07 Å². The van der Waals surface area contributed by atoms with Crippen LogP contribution in [0.1, 0.15) is 20.8 Å². The number of esters is 1. The normalized spacial score (nSPS) is 10.2. The van der Waals surface area contributed by atoms with E-state index < -0.39 is 23.5 Å². The highest BCUT2D eigenvalue weighted by molar-refractivity contribution is 6.03. The summed E-state index contributed by atoms with van der Waals surface area (Å²) in [7, 11) is 1.28. The van der Waals surface area contributed by atoms with Crippen molar-refractivity contribution in [3.8, 4) is 0 Å². The van der Waals surface area contributed by atoms with E-state index in [0.29, 0.717) is 17.1 Å². The number of carbonyl (C=O) groups excluding carboxylic acids is 2. The fourth-order valence-corrected chi connectivity index (χ4v) is 2.31. The summed E-state index contributed by atoms with van der Waals surface area (Å²) in [6.07, 6.45) is 1.17. The zero-order valence-corrected chi connectivity index (χ0v) is 14.6. The number of nitrogens with zero attached hydrogens (tertiary/aromatic N) is 2. The molecule has 0 unspecified atom stereocenters. The van der Waals surface area contributed by atoms with E-state index in [-0.39, 0.29) is 11.4 Å². The van der Waals surface area contributed by atoms with Crippen molar-refractivity contribution in [1.29, 1.82) is 0 Å². The van der Waals surface area contributed by atoms with Gasteiger partial charge in [-0.05, 0) is 30.3 Å². The van der Waals surface area contributed by atoms with Gasteiger partial charge < -0.3 is 15.4 Å². The molecule has 0 aliphatic rings. The predicted molar refractivity (Wildman–Crippen MR) is 97.4 cm³/mol. The summed E-state index contributed by atoms with van der Waals surface area (Å²) in [5, 5.41) is 5.37. The van der Waals surface area contributed by atoms with Gasteiger partial charge in [0.2, 0.25) is 0 Å². The van der Waals surface area contributed by atoms with Crippen molar-refractivity contribution in [3.63, 3.8) is 0 Å². The summed E-state index contributed by atoms with van der Waals surface area (Å²) in [6, 6.07) is 10.9. The van der Waals surface area contributed by atoms with Crippen molar-refractivity contribution >= 4 is 29.1 Å². The summed E-state index contributed by atoms with van der Waals surface area (Å²) >= 11 is 0. The number of carbonyl (C=O) groups is 2. The molecule has 1 heterocycles. The maximum Gasteiger partial charge on any atom is 0.337 e. The number of halogens is 2. The minimum Gasteiger partial charge on any atom is -0.465 e. The third-order valence-corrected chi connectivity index (χ3v) is 3.63. The van der Waals surface area contributed by atoms with Crippen LogP contribution < -0.4 is 10.6 Å². The van der Waals surface area contributed by atoms with E-state index in [9.17, 15) is 18.4 Å². The molecule has 142 valence electrons. The highest BCUT2D eigenvalue weighted by Gasteiger charge is 2.12. The summed E-state index contributed by atoms with van der Waals surface area (Å²) in [6.45, 7) is 0. The zero-order chi connectivity index (χ0) is 20.1. The molecular formula is C19H14F2N4O3. The number of methoxy groups -OCH3 is 1. The molecule has 0 atom stereocenters. The van der Waals surface area contributed by atoms with Crippen LogP contribution in [-0.4, -0.2) is 29.0 Å². The molecule has 28 heavy (non-hydrogen) atoms. The van der Waals surface area contributed by atoms with Gasteiger partial charge >= 0.3 is 5.97 Å². The summed E-state index contributed by atoms with van der Waals surface area (Å²) < 4.78 is 30.9. The Morgan fingerprint density at radius 3 is 2.54 bits per heavy atom. The Hall–Kier alpha value is -3.88. The molecule has 0 fully saturated rings. The van der Waals surface area contributed by atoms with Crippen LogP contribution in [0.5, 0.6) is 0 Å². The maximum atomic E-state index is 13.3. The largest absolute Gasteiger partial charge is 0.465 e. The van der Waals surface area contributed by atoms with Gasteiger partial charge in [-0.25, -0.2) is 23.5 Å². The average molecular weight is 384 g/mol. The molecule has 0 saturated carbocycles. The lowest BCUT2D eigenvalue weighted by Crippen LogP contribution is -2.14. The first-order valence-electron chi connectivity index (χ1n) is 8.00. The van der Waals surface area contributed by atoms with Crippen LogP contribution >= 0.6 is 0 Å². The van der Waals surface area contributed by atoms with Crippen LogP contribution in [0.15, 0.2) is 54.9 Å². The molecule has 2 N–H and O–H groups in total. The minimum atomic E-state index is -1.08. The van der Waals surface area contributed by atoms with Crippen LogP contribution in [-0.2, 0) is 4.74 Å². The summed E-state index contributed by atoms with van der Waals surface area (Å²) in [4.78, 5) is 31.8. The molecular weight excluding hydrogens is 370 g/mol. The van der Waals surface area contributed by atoms with Gasteiger partial charge in [0.1, 0.15) is 17.8 Å². The minimum absolute atomic E-state index is 0.00588. The summed E-state index contributed by atoms with van der Waals surface area (Å²) in [5.74, 6) is -2.90. The number of ether oxygens (including phenoxy) is 1. The molecule has 3 aromatic rings. The van der Waals surface area contributed by atoms with Crippen LogP contribution in [0.2, 0.25) is 0 Å². The van der Waals surface area contributed by atoms with Gasteiger partial charge in [0.25, 0.3) is 5.91 Å². The SMILES string of the molecule is COC(=O)c1cccc(Nc2cc(C(=O)Nc3ccc(F)c(F)c3)ncn2)c1. The average Bonchev–Trinajstić information content (AvgIpc) is 2.70. The van der Waals surface area contributed by atoms with E-state index >= 15 is 0 Å². The molecule has 0 aliphatic carbocycles. The van der Waals surface area contributed by atoms with Crippen LogP contribution in [0, 0.1) is 11.6 Å². The molecule has 0 saturated heterocycles. The fraction of sp³-hybridized carbons (Fsp3) is 0.0526. The fourth-order valence-electron chi connectivity index (χ4n) is 2.31. The van der Waals surface area contributed by atoms with Gasteiger partial charge in [0, 0.05) is 23.5 Å². The summed E-state index contributed by atoms with van der Waals surface area (Å²) in [5.41, 5.74) is 0.987. The molecule has 1 amide bonds. The molecule has 0 radical (unpaired) electrons. The van der Waals surface area contributed by atoms with E-state index in [1.54, 1.807) is 24.3 Å². The number of hydrogen-bond acceptors (Lipinski definition) is 6. The highest BCUT2D eigenvalue weighted by Crippen LogP contribution is 2.18. The Balaban J connectivity index is 1.75. The first kappa shape index (κ1) is 18.9. The van der Waals surface area contributed by atoms with Crippen molar-refractivity contribution in [2.24, 2.45) is 0 Å². The lowest BCUT2D eigenvalue weighted by Gasteiger charge is -2.09. The molecule has 0 bridgehead atoms. The maximum absolute atomic E-state index is 13.3. The monoisotopic (exact) mass is 384 g/mol. The lowest BCUT2D eigenvalue weighted by atomic mass is 10.2. The number of aromatic nitrogens is 2. The van der Waals surface area contributed by atoms with E-state index in [4.69, 9.17) is 0 Å². The second kappa shape index (κ2) is 8.21. The van der Waals surface area contributed by atoms with Crippen molar-refractivity contribution in [3.05, 3.63) is 77.8 Å². The Labute approximate surface area is 158 Å². The Kier molecular flexibility index (Phi) is 5.54. The number of benzene rings is 2. The van der Waals surface area contributed by atoms with Crippen LogP contribution in [0.3, 0.4) is 0 Å². The molecule has 0 spiro atoms. The first-order chi connectivity index (χ1) is 13.5. The second-order valence-electron chi connectivity index (χ2n) is 5.57. The Morgan fingerprint density at radius 1 is 0.964 bits per heavy atom. The number of anilines is 3. The van der Waals surface area contributed by atoms with Gasteiger partial charge in [0.05, 0.1) is 12.7 Å². The Morgan fingerprint density at radius 2 is 1.79 bits per heavy atom. The van der Waals surface area contributed by atoms with Crippen LogP contribution in [0.25, 0.3) is 0 Å². The van der Waals surface area contributed by atoms with Gasteiger partial charge in [-0.3, -0.25) is 4.79 Å². The van der Waals surface area contributed by atoms with Crippen molar-refractivity contribution < 1.29 is 23.1 Å². The molecule has 1 aromatic heterocycles.